The zero-order valence-electron chi connectivity index (χ0n) is 15.5. The standard InChI is InChI=1S/C21H15Cl2N5O2/c22-18-2-1-3-19(23)17(18)11-15-10-13(12-25-15)20-8-9-24-21(27-20)26-14-4-6-16(7-5-14)28(29)30/h1-9,12H,10-11H2,(H,24,26,27). The van der Waals surface area contributed by atoms with Crippen LogP contribution in [0.5, 0.6) is 0 Å². The van der Waals surface area contributed by atoms with E-state index < -0.39 is 4.92 Å². The predicted molar refractivity (Wildman–Crippen MR) is 119 cm³/mol. The minimum Gasteiger partial charge on any atom is -0.324 e. The molecule has 0 saturated heterocycles. The summed E-state index contributed by atoms with van der Waals surface area (Å²) in [5, 5.41) is 15.1. The molecule has 1 aliphatic rings. The second-order valence-electron chi connectivity index (χ2n) is 6.60. The number of allylic oxidation sites excluding steroid dienone is 1. The van der Waals surface area contributed by atoms with Gasteiger partial charge in [-0.25, -0.2) is 9.97 Å². The molecule has 0 spiro atoms. The third-order valence-corrected chi connectivity index (χ3v) is 5.27. The van der Waals surface area contributed by atoms with Crippen molar-refractivity contribution in [1.29, 1.82) is 0 Å². The number of nitrogens with one attached hydrogen (secondary N) is 1. The number of nitro groups is 1. The number of anilines is 2. The van der Waals surface area contributed by atoms with E-state index in [1.165, 1.54) is 12.1 Å². The van der Waals surface area contributed by atoms with Gasteiger partial charge in [-0.05, 0) is 35.9 Å². The first kappa shape index (κ1) is 20.0. The van der Waals surface area contributed by atoms with Crippen LogP contribution in [-0.2, 0) is 6.42 Å². The zero-order valence-corrected chi connectivity index (χ0v) is 17.1. The van der Waals surface area contributed by atoms with Crippen LogP contribution in [-0.4, -0.2) is 20.6 Å². The van der Waals surface area contributed by atoms with Gasteiger partial charge in [0, 0.05) is 64.4 Å². The molecule has 0 aliphatic carbocycles. The van der Waals surface area contributed by atoms with E-state index >= 15 is 0 Å². The largest absolute Gasteiger partial charge is 0.324 e. The number of halogens is 2. The van der Waals surface area contributed by atoms with Gasteiger partial charge in [-0.3, -0.25) is 15.1 Å². The van der Waals surface area contributed by atoms with Gasteiger partial charge >= 0.3 is 0 Å². The summed E-state index contributed by atoms with van der Waals surface area (Å²) in [6, 6.07) is 13.3. The van der Waals surface area contributed by atoms with Crippen molar-refractivity contribution in [3.8, 4) is 0 Å². The van der Waals surface area contributed by atoms with Crippen molar-refractivity contribution in [3.05, 3.63) is 92.3 Å². The lowest BCUT2D eigenvalue weighted by molar-refractivity contribution is -0.384. The molecule has 3 aromatic rings. The lowest BCUT2D eigenvalue weighted by Gasteiger charge is -2.09. The van der Waals surface area contributed by atoms with E-state index in [0.717, 1.165) is 22.5 Å². The van der Waals surface area contributed by atoms with Crippen molar-refractivity contribution in [1.82, 2.24) is 9.97 Å². The Labute approximate surface area is 182 Å². The second kappa shape index (κ2) is 8.61. The smallest absolute Gasteiger partial charge is 0.269 e. The molecule has 1 aromatic heterocycles. The molecule has 2 heterocycles. The molecule has 0 amide bonds. The van der Waals surface area contributed by atoms with Crippen molar-refractivity contribution < 1.29 is 4.92 Å². The number of non-ortho nitro benzene ring substituents is 1. The molecule has 2 aromatic carbocycles. The Kier molecular flexibility index (Phi) is 5.74. The van der Waals surface area contributed by atoms with Gasteiger partial charge in [-0.15, -0.1) is 0 Å². The van der Waals surface area contributed by atoms with Crippen LogP contribution in [0.4, 0.5) is 17.3 Å². The summed E-state index contributed by atoms with van der Waals surface area (Å²) in [5.74, 6) is 0.393. The van der Waals surface area contributed by atoms with Crippen LogP contribution >= 0.6 is 23.2 Å². The van der Waals surface area contributed by atoms with Crippen LogP contribution < -0.4 is 5.32 Å². The molecule has 7 nitrogen and oxygen atoms in total. The zero-order chi connectivity index (χ0) is 21.1. The Bertz CT molecular complexity index is 1160. The summed E-state index contributed by atoms with van der Waals surface area (Å²) in [6.45, 7) is 0. The highest BCUT2D eigenvalue weighted by molar-refractivity contribution is 6.36. The summed E-state index contributed by atoms with van der Waals surface area (Å²) in [7, 11) is 0. The molecule has 1 N–H and O–H groups in total. The van der Waals surface area contributed by atoms with Crippen molar-refractivity contribution in [2.24, 2.45) is 4.99 Å². The molecular weight excluding hydrogens is 425 g/mol. The van der Waals surface area contributed by atoms with Crippen LogP contribution in [0.1, 0.15) is 17.7 Å². The van der Waals surface area contributed by atoms with E-state index in [9.17, 15) is 10.1 Å². The number of hydrogen-bond donors (Lipinski definition) is 1. The summed E-state index contributed by atoms with van der Waals surface area (Å²) >= 11 is 12.5. The fourth-order valence-electron chi connectivity index (χ4n) is 3.04. The molecular formula is C21H15Cl2N5O2. The normalized spacial score (nSPS) is 13.0. The van der Waals surface area contributed by atoms with E-state index in [1.54, 1.807) is 24.5 Å². The average molecular weight is 440 g/mol. The first-order valence-electron chi connectivity index (χ1n) is 9.02. The van der Waals surface area contributed by atoms with E-state index in [1.807, 2.05) is 24.3 Å². The molecule has 4 rings (SSSR count). The Morgan fingerprint density at radius 3 is 2.50 bits per heavy atom. The van der Waals surface area contributed by atoms with E-state index in [0.29, 0.717) is 34.5 Å². The Balaban J connectivity index is 1.44. The highest BCUT2D eigenvalue weighted by Crippen LogP contribution is 2.29. The fraction of sp³-hybridized carbons (Fsp3) is 0.0952. The van der Waals surface area contributed by atoms with Gasteiger partial charge in [-0.1, -0.05) is 29.3 Å². The maximum absolute atomic E-state index is 10.8. The first-order chi connectivity index (χ1) is 14.5. The molecule has 150 valence electrons. The number of rotatable bonds is 6. The molecule has 0 bridgehead atoms. The van der Waals surface area contributed by atoms with Gasteiger partial charge in [-0.2, -0.15) is 0 Å². The second-order valence-corrected chi connectivity index (χ2v) is 7.41. The molecule has 30 heavy (non-hydrogen) atoms. The van der Waals surface area contributed by atoms with E-state index in [2.05, 4.69) is 20.3 Å². The molecule has 0 radical (unpaired) electrons. The summed E-state index contributed by atoms with van der Waals surface area (Å²) in [4.78, 5) is 23.6. The number of nitrogens with zero attached hydrogens (tertiary/aromatic N) is 4. The molecule has 0 atom stereocenters. The lowest BCUT2D eigenvalue weighted by Crippen LogP contribution is -2.04. The molecule has 9 heteroatoms. The molecule has 0 unspecified atom stereocenters. The Hall–Kier alpha value is -3.29. The third kappa shape index (κ3) is 4.48. The molecule has 0 saturated carbocycles. The summed E-state index contributed by atoms with van der Waals surface area (Å²) in [6.07, 6.45) is 4.64. The van der Waals surface area contributed by atoms with Crippen molar-refractivity contribution in [3.63, 3.8) is 0 Å². The Morgan fingerprint density at radius 2 is 1.80 bits per heavy atom. The topological polar surface area (TPSA) is 93.3 Å². The average Bonchev–Trinajstić information content (AvgIpc) is 3.20. The number of benzene rings is 2. The molecule has 0 fully saturated rings. The monoisotopic (exact) mass is 439 g/mol. The van der Waals surface area contributed by atoms with Crippen LogP contribution in [0.2, 0.25) is 10.0 Å². The highest BCUT2D eigenvalue weighted by Gasteiger charge is 2.17. The molecule has 1 aliphatic heterocycles. The number of aromatic nitrogens is 2. The van der Waals surface area contributed by atoms with Crippen LogP contribution in [0.15, 0.2) is 65.9 Å². The van der Waals surface area contributed by atoms with Gasteiger partial charge in [0.25, 0.3) is 5.69 Å². The third-order valence-electron chi connectivity index (χ3n) is 4.56. The Morgan fingerprint density at radius 1 is 1.07 bits per heavy atom. The minimum absolute atomic E-state index is 0.0228. The van der Waals surface area contributed by atoms with Gasteiger partial charge in [0.15, 0.2) is 0 Å². The number of aliphatic imine (C=N–C) groups is 1. The summed E-state index contributed by atoms with van der Waals surface area (Å²) in [5.41, 5.74) is 4.19. The van der Waals surface area contributed by atoms with Crippen LogP contribution in [0, 0.1) is 10.1 Å². The van der Waals surface area contributed by atoms with Gasteiger partial charge in [0.05, 0.1) is 10.6 Å². The fourth-order valence-corrected chi connectivity index (χ4v) is 3.57. The van der Waals surface area contributed by atoms with Gasteiger partial charge in [0.2, 0.25) is 5.95 Å². The predicted octanol–water partition coefficient (Wildman–Crippen LogP) is 5.86. The number of nitro benzene ring substituents is 1. The van der Waals surface area contributed by atoms with Gasteiger partial charge in [0.1, 0.15) is 0 Å². The van der Waals surface area contributed by atoms with Crippen LogP contribution in [0.3, 0.4) is 0 Å². The SMILES string of the molecule is O=[N+]([O-])c1ccc(Nc2nccc(C3=CN=C(Cc4c(Cl)cccc4Cl)C3)n2)cc1. The van der Waals surface area contributed by atoms with E-state index in [-0.39, 0.29) is 5.69 Å². The number of hydrogen-bond acceptors (Lipinski definition) is 6. The van der Waals surface area contributed by atoms with E-state index in [4.69, 9.17) is 23.2 Å². The minimum atomic E-state index is -0.444. The lowest BCUT2D eigenvalue weighted by atomic mass is 10.0. The maximum atomic E-state index is 10.8. The van der Waals surface area contributed by atoms with Crippen molar-refractivity contribution in [2.75, 3.05) is 5.32 Å². The summed E-state index contributed by atoms with van der Waals surface area (Å²) < 4.78 is 0. The quantitative estimate of drug-likeness (QED) is 0.383. The maximum Gasteiger partial charge on any atom is 0.269 e. The first-order valence-corrected chi connectivity index (χ1v) is 9.77. The van der Waals surface area contributed by atoms with Crippen molar-refractivity contribution >= 4 is 51.8 Å². The van der Waals surface area contributed by atoms with Crippen molar-refractivity contribution in [2.45, 2.75) is 12.8 Å². The van der Waals surface area contributed by atoms with Crippen LogP contribution in [0.25, 0.3) is 5.57 Å². The van der Waals surface area contributed by atoms with Gasteiger partial charge < -0.3 is 5.32 Å². The highest BCUT2D eigenvalue weighted by atomic mass is 35.5.